The van der Waals surface area contributed by atoms with Crippen molar-refractivity contribution < 1.29 is 9.59 Å². The number of nitrogens with two attached hydrogens (primary N) is 1. The van der Waals surface area contributed by atoms with Gasteiger partial charge < -0.3 is 16.0 Å². The van der Waals surface area contributed by atoms with Gasteiger partial charge in [0.2, 0.25) is 5.91 Å². The minimum atomic E-state index is -0.434. The molecule has 1 saturated carbocycles. The van der Waals surface area contributed by atoms with E-state index >= 15 is 0 Å². The molecule has 0 aliphatic heterocycles. The van der Waals surface area contributed by atoms with Crippen LogP contribution in [-0.4, -0.2) is 37.4 Å². The number of benzene rings is 1. The Morgan fingerprint density at radius 3 is 2.22 bits per heavy atom. The van der Waals surface area contributed by atoms with E-state index in [1.807, 2.05) is 12.1 Å². The van der Waals surface area contributed by atoms with Gasteiger partial charge >= 0.3 is 0 Å². The molecule has 1 aliphatic carbocycles. The minimum Gasteiger partial charge on any atom is -0.351 e. The van der Waals surface area contributed by atoms with E-state index in [-0.39, 0.29) is 24.2 Å². The summed E-state index contributed by atoms with van der Waals surface area (Å²) in [7, 11) is 3.55. The Balaban J connectivity index is 0.00000264. The predicted octanol–water partition coefficient (Wildman–Crippen LogP) is 1.95. The maximum Gasteiger partial charge on any atom is 0.251 e. The maximum absolute atomic E-state index is 12.5. The van der Waals surface area contributed by atoms with Crippen LogP contribution in [0.15, 0.2) is 24.3 Å². The zero-order valence-electron chi connectivity index (χ0n) is 13.8. The van der Waals surface area contributed by atoms with E-state index in [2.05, 4.69) is 5.32 Å². The van der Waals surface area contributed by atoms with Crippen molar-refractivity contribution in [2.45, 2.75) is 32.2 Å². The molecule has 6 heteroatoms. The van der Waals surface area contributed by atoms with Crippen LogP contribution in [0.1, 0.15) is 41.6 Å². The zero-order chi connectivity index (χ0) is 16.2. The van der Waals surface area contributed by atoms with Gasteiger partial charge in [-0.3, -0.25) is 9.59 Å². The summed E-state index contributed by atoms with van der Waals surface area (Å²) in [5, 5.41) is 2.94. The molecule has 5 nitrogen and oxygen atoms in total. The maximum atomic E-state index is 12.5. The van der Waals surface area contributed by atoms with Crippen LogP contribution in [-0.2, 0) is 11.3 Å². The van der Waals surface area contributed by atoms with E-state index < -0.39 is 5.41 Å². The van der Waals surface area contributed by atoms with Gasteiger partial charge in [-0.2, -0.15) is 0 Å². The molecule has 1 fully saturated rings. The summed E-state index contributed by atoms with van der Waals surface area (Å²) in [5.41, 5.74) is 6.71. The first-order chi connectivity index (χ1) is 10.5. The summed E-state index contributed by atoms with van der Waals surface area (Å²) in [6.07, 6.45) is 3.77. The number of hydrogen-bond acceptors (Lipinski definition) is 3. The molecule has 0 radical (unpaired) electrons. The Hall–Kier alpha value is -1.59. The first kappa shape index (κ1) is 19.5. The summed E-state index contributed by atoms with van der Waals surface area (Å²) in [4.78, 5) is 26.4. The zero-order valence-corrected chi connectivity index (χ0v) is 14.6. The summed E-state index contributed by atoms with van der Waals surface area (Å²) in [5.74, 6) is -0.0230. The van der Waals surface area contributed by atoms with Crippen LogP contribution in [0.2, 0.25) is 0 Å². The van der Waals surface area contributed by atoms with Crippen LogP contribution < -0.4 is 11.1 Å². The number of carbonyl (C=O) groups excluding carboxylic acids is 2. The molecule has 0 atom stereocenters. The lowest BCUT2D eigenvalue weighted by molar-refractivity contribution is -0.138. The number of amides is 2. The molecule has 1 aromatic carbocycles. The van der Waals surface area contributed by atoms with Gasteiger partial charge in [0.25, 0.3) is 5.91 Å². The Bertz CT molecular complexity index is 537. The average Bonchev–Trinajstić information content (AvgIpc) is 3.02. The van der Waals surface area contributed by atoms with E-state index in [0.717, 1.165) is 31.2 Å². The minimum absolute atomic E-state index is 0. The van der Waals surface area contributed by atoms with Crippen molar-refractivity contribution >= 4 is 24.2 Å². The van der Waals surface area contributed by atoms with E-state index in [1.165, 1.54) is 0 Å². The fourth-order valence-corrected chi connectivity index (χ4v) is 3.14. The van der Waals surface area contributed by atoms with Crippen molar-refractivity contribution in [3.05, 3.63) is 35.4 Å². The Labute approximate surface area is 144 Å². The molecule has 1 aromatic rings. The molecule has 2 amide bonds. The van der Waals surface area contributed by atoms with Gasteiger partial charge in [-0.05, 0) is 30.5 Å². The van der Waals surface area contributed by atoms with Gasteiger partial charge in [0.05, 0.1) is 5.41 Å². The molecule has 0 saturated heterocycles. The van der Waals surface area contributed by atoms with Crippen LogP contribution in [0.25, 0.3) is 0 Å². The van der Waals surface area contributed by atoms with Gasteiger partial charge in [0.1, 0.15) is 0 Å². The van der Waals surface area contributed by atoms with Crippen LogP contribution in [0.5, 0.6) is 0 Å². The van der Waals surface area contributed by atoms with Crippen molar-refractivity contribution in [1.29, 1.82) is 0 Å². The van der Waals surface area contributed by atoms with Crippen molar-refractivity contribution in [3.63, 3.8) is 0 Å². The lowest BCUT2D eigenvalue weighted by Crippen LogP contribution is -2.46. The lowest BCUT2D eigenvalue weighted by atomic mass is 9.84. The highest BCUT2D eigenvalue weighted by Crippen LogP contribution is 2.38. The molecular weight excluding hydrogens is 314 g/mol. The van der Waals surface area contributed by atoms with Gasteiger partial charge in [0, 0.05) is 32.7 Å². The van der Waals surface area contributed by atoms with Crippen molar-refractivity contribution in [2.75, 3.05) is 20.6 Å². The first-order valence-corrected chi connectivity index (χ1v) is 7.77. The molecule has 3 N–H and O–H groups in total. The highest BCUT2D eigenvalue weighted by atomic mass is 35.5. The summed E-state index contributed by atoms with van der Waals surface area (Å²) < 4.78 is 0. The molecule has 0 aromatic heterocycles. The second-order valence-corrected chi connectivity index (χ2v) is 6.27. The van der Waals surface area contributed by atoms with Crippen molar-refractivity contribution in [2.24, 2.45) is 11.1 Å². The molecule has 0 unspecified atom stereocenters. The second-order valence-electron chi connectivity index (χ2n) is 6.27. The third-order valence-corrected chi connectivity index (χ3v) is 4.46. The summed E-state index contributed by atoms with van der Waals surface area (Å²) in [6, 6.07) is 7.25. The van der Waals surface area contributed by atoms with Gasteiger partial charge in [-0.15, -0.1) is 12.4 Å². The van der Waals surface area contributed by atoms with Gasteiger partial charge in [-0.25, -0.2) is 0 Å². The van der Waals surface area contributed by atoms with Crippen LogP contribution in [0.3, 0.4) is 0 Å². The Kier molecular flexibility index (Phi) is 7.03. The average molecular weight is 340 g/mol. The smallest absolute Gasteiger partial charge is 0.251 e. The molecule has 128 valence electrons. The highest BCUT2D eigenvalue weighted by Gasteiger charge is 2.42. The quantitative estimate of drug-likeness (QED) is 0.860. The number of nitrogens with zero attached hydrogens (tertiary/aromatic N) is 1. The van der Waals surface area contributed by atoms with Crippen LogP contribution in [0.4, 0.5) is 0 Å². The van der Waals surface area contributed by atoms with Gasteiger partial charge in [0.15, 0.2) is 0 Å². The number of nitrogens with one attached hydrogen (secondary N) is 1. The fourth-order valence-electron chi connectivity index (χ4n) is 3.14. The SMILES string of the molecule is CN(C)C(=O)C1(CNC(=O)c2ccc(CN)cc2)CCCC1.Cl. The third-order valence-electron chi connectivity index (χ3n) is 4.46. The molecule has 0 bridgehead atoms. The van der Waals surface area contributed by atoms with E-state index in [9.17, 15) is 9.59 Å². The monoisotopic (exact) mass is 339 g/mol. The number of rotatable bonds is 5. The van der Waals surface area contributed by atoms with Crippen molar-refractivity contribution in [3.8, 4) is 0 Å². The van der Waals surface area contributed by atoms with Gasteiger partial charge in [-0.1, -0.05) is 25.0 Å². The Morgan fingerprint density at radius 2 is 1.74 bits per heavy atom. The molecule has 1 aliphatic rings. The van der Waals surface area contributed by atoms with E-state index in [1.54, 1.807) is 31.1 Å². The molecule has 2 rings (SSSR count). The molecule has 0 heterocycles. The fraction of sp³-hybridized carbons (Fsp3) is 0.529. The highest BCUT2D eigenvalue weighted by molar-refractivity contribution is 5.94. The second kappa shape index (κ2) is 8.31. The summed E-state index contributed by atoms with van der Waals surface area (Å²) in [6.45, 7) is 0.865. The normalized spacial score (nSPS) is 15.6. The van der Waals surface area contributed by atoms with E-state index in [0.29, 0.717) is 18.7 Å². The Morgan fingerprint density at radius 1 is 1.17 bits per heavy atom. The van der Waals surface area contributed by atoms with Crippen molar-refractivity contribution in [1.82, 2.24) is 10.2 Å². The van der Waals surface area contributed by atoms with Crippen LogP contribution >= 0.6 is 12.4 Å². The number of halogens is 1. The standard InChI is InChI=1S/C17H25N3O2.ClH/c1-20(2)16(22)17(9-3-4-10-17)12-19-15(21)14-7-5-13(11-18)6-8-14;/h5-8H,3-4,9-12,18H2,1-2H3,(H,19,21);1H. The number of carbonyl (C=O) groups is 2. The van der Waals surface area contributed by atoms with E-state index in [4.69, 9.17) is 5.73 Å². The number of hydrogen-bond donors (Lipinski definition) is 2. The molecule has 0 spiro atoms. The predicted molar refractivity (Wildman–Crippen MR) is 93.5 cm³/mol. The summed E-state index contributed by atoms with van der Waals surface area (Å²) >= 11 is 0. The first-order valence-electron chi connectivity index (χ1n) is 7.77. The third kappa shape index (κ3) is 4.45. The lowest BCUT2D eigenvalue weighted by Gasteiger charge is -2.30. The largest absolute Gasteiger partial charge is 0.351 e. The van der Waals surface area contributed by atoms with Crippen LogP contribution in [0, 0.1) is 5.41 Å². The molecule has 23 heavy (non-hydrogen) atoms. The topological polar surface area (TPSA) is 75.4 Å². The molecular formula is C17H26ClN3O2.